The molecule has 1 spiro atoms. The fraction of sp³-hybridized carbons (Fsp3) is 0.759. The molecule has 8 atom stereocenters. The maximum absolute atomic E-state index is 12.7. The lowest BCUT2D eigenvalue weighted by Gasteiger charge is -2.57. The van der Waals surface area contributed by atoms with E-state index in [0.717, 1.165) is 37.7 Å². The second-order valence-corrected chi connectivity index (χ2v) is 11.1. The minimum absolute atomic E-state index is 0.0819. The first-order valence-electron chi connectivity index (χ1n) is 14.4. The van der Waals surface area contributed by atoms with E-state index in [0.29, 0.717) is 0 Å². The quantitative estimate of drug-likeness (QED) is 0.371. The highest BCUT2D eigenvalue weighted by molar-refractivity contribution is 5.73. The third kappa shape index (κ3) is 6.47. The highest BCUT2D eigenvalue weighted by Gasteiger charge is 2.64. The van der Waals surface area contributed by atoms with Crippen molar-refractivity contribution >= 4 is 5.91 Å². The summed E-state index contributed by atoms with van der Waals surface area (Å²) in [6, 6.07) is 8.62. The number of aliphatic hydroxyl groups excluding tert-OH is 1. The highest BCUT2D eigenvalue weighted by atomic mass is 16.8. The molecule has 4 fully saturated rings. The molecule has 4 aliphatic rings. The standard InChI is InChI=1S/C29H43NO11/c1-19(32)30-25-24(36-17-33-2)23-21(14-35-27(39-23)20-10-6-4-7-11-20)41-29(25,16-31)26(37-18-34-3)22-15-38-28(40-22)12-8-5-9-13-28/h4,6-7,10-11,21-27,31H,5,8-9,12-18H2,1-3H3,(H,30,32)/t21?,22-,23-,24?,25?,26-,27?,29-/m1/s1. The van der Waals surface area contributed by atoms with E-state index in [2.05, 4.69) is 5.32 Å². The van der Waals surface area contributed by atoms with Gasteiger partial charge in [0.15, 0.2) is 12.1 Å². The molecule has 1 saturated carbocycles. The molecule has 3 saturated heterocycles. The Morgan fingerprint density at radius 1 is 1.07 bits per heavy atom. The Balaban J connectivity index is 1.50. The lowest BCUT2D eigenvalue weighted by atomic mass is 9.77. The van der Waals surface area contributed by atoms with Gasteiger partial charge in [0, 0.05) is 39.5 Å². The summed E-state index contributed by atoms with van der Waals surface area (Å²) in [6.07, 6.45) is 0.324. The van der Waals surface area contributed by atoms with Crippen molar-refractivity contribution in [2.75, 3.05) is 47.6 Å². The average Bonchev–Trinajstić information content (AvgIpc) is 3.39. The summed E-state index contributed by atoms with van der Waals surface area (Å²) in [5.74, 6) is -1.05. The summed E-state index contributed by atoms with van der Waals surface area (Å²) in [5, 5.41) is 14.1. The van der Waals surface area contributed by atoms with Gasteiger partial charge in [0.2, 0.25) is 5.91 Å². The number of hydrogen-bond donors (Lipinski definition) is 2. The fourth-order valence-electron chi connectivity index (χ4n) is 6.56. The normalized spacial score (nSPS) is 35.6. The molecule has 1 amide bonds. The fourth-order valence-corrected chi connectivity index (χ4v) is 6.56. The minimum Gasteiger partial charge on any atom is -0.393 e. The lowest BCUT2D eigenvalue weighted by molar-refractivity contribution is -0.365. The van der Waals surface area contributed by atoms with Crippen LogP contribution in [0.1, 0.15) is 50.9 Å². The zero-order valence-electron chi connectivity index (χ0n) is 24.0. The summed E-state index contributed by atoms with van der Waals surface area (Å²) in [6.45, 7) is 1.06. The van der Waals surface area contributed by atoms with Gasteiger partial charge in [-0.25, -0.2) is 0 Å². The number of nitrogens with one attached hydrogen (secondary N) is 1. The predicted molar refractivity (Wildman–Crippen MR) is 142 cm³/mol. The zero-order chi connectivity index (χ0) is 28.9. The Hall–Kier alpha value is -1.71. The molecule has 12 heteroatoms. The molecule has 3 heterocycles. The Labute approximate surface area is 240 Å². The molecule has 1 aromatic carbocycles. The molecule has 41 heavy (non-hydrogen) atoms. The van der Waals surface area contributed by atoms with Gasteiger partial charge in [0.1, 0.15) is 49.7 Å². The number of hydrogen-bond acceptors (Lipinski definition) is 11. The summed E-state index contributed by atoms with van der Waals surface area (Å²) in [5.41, 5.74) is -0.702. The van der Waals surface area contributed by atoms with Gasteiger partial charge in [-0.1, -0.05) is 36.8 Å². The molecule has 1 aliphatic carbocycles. The molecule has 0 bridgehead atoms. The summed E-state index contributed by atoms with van der Waals surface area (Å²) in [7, 11) is 3.02. The van der Waals surface area contributed by atoms with Crippen LogP contribution in [0.2, 0.25) is 0 Å². The first-order chi connectivity index (χ1) is 19.9. The zero-order valence-corrected chi connectivity index (χ0v) is 24.0. The van der Waals surface area contributed by atoms with Crippen LogP contribution in [-0.4, -0.2) is 107 Å². The first kappa shape index (κ1) is 30.7. The molecule has 0 aromatic heterocycles. The Bertz CT molecular complexity index is 977. The molecule has 5 rings (SSSR count). The van der Waals surface area contributed by atoms with E-state index in [1.807, 2.05) is 30.3 Å². The van der Waals surface area contributed by atoms with Crippen LogP contribution in [0.25, 0.3) is 0 Å². The van der Waals surface area contributed by atoms with Gasteiger partial charge in [-0.05, 0) is 12.8 Å². The van der Waals surface area contributed by atoms with E-state index < -0.39 is 60.8 Å². The van der Waals surface area contributed by atoms with Gasteiger partial charge in [0.25, 0.3) is 0 Å². The van der Waals surface area contributed by atoms with Gasteiger partial charge >= 0.3 is 0 Å². The van der Waals surface area contributed by atoms with Gasteiger partial charge in [0.05, 0.1) is 25.9 Å². The van der Waals surface area contributed by atoms with Crippen LogP contribution in [0.15, 0.2) is 30.3 Å². The molecule has 12 nitrogen and oxygen atoms in total. The van der Waals surface area contributed by atoms with E-state index in [1.54, 1.807) is 0 Å². The Morgan fingerprint density at radius 2 is 1.83 bits per heavy atom. The maximum Gasteiger partial charge on any atom is 0.217 e. The van der Waals surface area contributed by atoms with Crippen LogP contribution in [0.5, 0.6) is 0 Å². The lowest BCUT2D eigenvalue weighted by Crippen LogP contribution is -2.78. The number of carbonyl (C=O) groups excluding carboxylic acids is 1. The van der Waals surface area contributed by atoms with Gasteiger partial charge in [-0.2, -0.15) is 0 Å². The second-order valence-electron chi connectivity index (χ2n) is 11.1. The average molecular weight is 582 g/mol. The van der Waals surface area contributed by atoms with Crippen molar-refractivity contribution in [3.63, 3.8) is 0 Å². The summed E-state index contributed by atoms with van der Waals surface area (Å²) >= 11 is 0. The highest BCUT2D eigenvalue weighted by Crippen LogP contribution is 2.45. The van der Waals surface area contributed by atoms with E-state index >= 15 is 0 Å². The Morgan fingerprint density at radius 3 is 2.51 bits per heavy atom. The maximum atomic E-state index is 12.7. The van der Waals surface area contributed by atoms with E-state index in [9.17, 15) is 9.90 Å². The second kappa shape index (κ2) is 13.7. The van der Waals surface area contributed by atoms with E-state index in [4.69, 9.17) is 42.6 Å². The molecule has 3 aliphatic heterocycles. The van der Waals surface area contributed by atoms with Crippen molar-refractivity contribution in [3.8, 4) is 0 Å². The first-order valence-corrected chi connectivity index (χ1v) is 14.4. The number of benzene rings is 1. The van der Waals surface area contributed by atoms with Gasteiger partial charge in [-0.15, -0.1) is 0 Å². The van der Waals surface area contributed by atoms with Crippen LogP contribution in [0.3, 0.4) is 0 Å². The van der Waals surface area contributed by atoms with Crippen molar-refractivity contribution in [2.24, 2.45) is 0 Å². The van der Waals surface area contributed by atoms with Crippen LogP contribution in [0, 0.1) is 0 Å². The van der Waals surface area contributed by atoms with Crippen LogP contribution in [-0.2, 0) is 47.4 Å². The van der Waals surface area contributed by atoms with Crippen molar-refractivity contribution in [1.82, 2.24) is 5.32 Å². The molecule has 1 aromatic rings. The number of ether oxygens (including phenoxy) is 9. The summed E-state index contributed by atoms with van der Waals surface area (Å²) in [4.78, 5) is 12.7. The summed E-state index contributed by atoms with van der Waals surface area (Å²) < 4.78 is 55.1. The molecule has 230 valence electrons. The largest absolute Gasteiger partial charge is 0.393 e. The van der Waals surface area contributed by atoms with Crippen molar-refractivity contribution in [3.05, 3.63) is 35.9 Å². The number of amides is 1. The third-order valence-corrected chi connectivity index (χ3v) is 8.34. The topological polar surface area (TPSA) is 132 Å². The molecule has 4 unspecified atom stereocenters. The van der Waals surface area contributed by atoms with Gasteiger partial charge < -0.3 is 53.1 Å². The minimum atomic E-state index is -1.54. The van der Waals surface area contributed by atoms with Crippen molar-refractivity contribution in [1.29, 1.82) is 0 Å². The molecule has 0 radical (unpaired) electrons. The molecular weight excluding hydrogens is 538 g/mol. The van der Waals surface area contributed by atoms with Gasteiger partial charge in [-0.3, -0.25) is 4.79 Å². The van der Waals surface area contributed by atoms with Crippen molar-refractivity contribution in [2.45, 2.75) is 93.3 Å². The third-order valence-electron chi connectivity index (χ3n) is 8.34. The van der Waals surface area contributed by atoms with Crippen LogP contribution >= 0.6 is 0 Å². The van der Waals surface area contributed by atoms with Crippen molar-refractivity contribution < 1.29 is 52.5 Å². The van der Waals surface area contributed by atoms with E-state index in [1.165, 1.54) is 21.1 Å². The number of aliphatic hydroxyl groups is 1. The number of rotatable bonds is 11. The number of methoxy groups -OCH3 is 2. The monoisotopic (exact) mass is 581 g/mol. The predicted octanol–water partition coefficient (Wildman–Crippen LogP) is 1.79. The SMILES string of the molecule is COCOC1C(NC(C)=O)[C@](CO)([C@H](OCOC)[C@H]2COC3(CCCCC3)O2)OC2COC(c3ccccc3)O[C@H]21. The van der Waals surface area contributed by atoms with E-state index in [-0.39, 0.29) is 32.7 Å². The smallest absolute Gasteiger partial charge is 0.217 e. The van der Waals surface area contributed by atoms with Crippen LogP contribution in [0.4, 0.5) is 0 Å². The number of carbonyl (C=O) groups is 1. The molecule has 2 N–H and O–H groups in total. The molecular formula is C29H43NO11. The Kier molecular flexibility index (Phi) is 10.3. The number of fused-ring (bicyclic) bond motifs is 1. The van der Waals surface area contributed by atoms with Crippen LogP contribution < -0.4 is 5.32 Å².